The van der Waals surface area contributed by atoms with Crippen LogP contribution in [-0.2, 0) is 0 Å². The molecule has 0 radical (unpaired) electrons. The first kappa shape index (κ1) is 10.8. The molecule has 3 rings (SSSR count). The molecule has 2 aromatic carbocycles. The molecule has 88 valence electrons. The van der Waals surface area contributed by atoms with Gasteiger partial charge in [-0.15, -0.1) is 0 Å². The molecule has 0 aliphatic heterocycles. The largest absolute Gasteiger partial charge is 0.456 e. The van der Waals surface area contributed by atoms with E-state index < -0.39 is 0 Å². The van der Waals surface area contributed by atoms with Crippen LogP contribution in [0.15, 0.2) is 59.0 Å². The Hall–Kier alpha value is -2.35. The van der Waals surface area contributed by atoms with Crippen molar-refractivity contribution in [2.24, 2.45) is 0 Å². The topological polar surface area (TPSA) is 30.2 Å². The Bertz CT molecular complexity index is 708. The van der Waals surface area contributed by atoms with E-state index in [2.05, 4.69) is 0 Å². The molecule has 3 aromatic rings. The summed E-state index contributed by atoms with van der Waals surface area (Å²) in [5.41, 5.74) is 2.56. The number of hydrogen-bond acceptors (Lipinski definition) is 2. The fourth-order valence-electron chi connectivity index (χ4n) is 2.01. The Morgan fingerprint density at radius 1 is 1.00 bits per heavy atom. The molecule has 0 atom stereocenters. The molecule has 18 heavy (non-hydrogen) atoms. The van der Waals surface area contributed by atoms with Crippen LogP contribution < -0.4 is 0 Å². The first-order chi connectivity index (χ1) is 8.74. The van der Waals surface area contributed by atoms with Gasteiger partial charge in [-0.05, 0) is 31.2 Å². The lowest BCUT2D eigenvalue weighted by atomic mass is 10.1. The van der Waals surface area contributed by atoms with Gasteiger partial charge in [-0.2, -0.15) is 0 Å². The maximum atomic E-state index is 11.3. The van der Waals surface area contributed by atoms with Gasteiger partial charge < -0.3 is 4.42 Å². The van der Waals surface area contributed by atoms with Gasteiger partial charge in [-0.3, -0.25) is 4.79 Å². The minimum absolute atomic E-state index is 0.0689. The number of fused-ring (bicyclic) bond motifs is 1. The molecule has 0 spiro atoms. The Balaban J connectivity index is 2.14. The lowest BCUT2D eigenvalue weighted by molar-refractivity contribution is 0.101. The average molecular weight is 236 g/mol. The number of Topliss-reactive ketones (excluding diaryl/α,β-unsaturated/α-hetero) is 1. The fourth-order valence-corrected chi connectivity index (χ4v) is 2.01. The van der Waals surface area contributed by atoms with E-state index in [4.69, 9.17) is 4.42 Å². The lowest BCUT2D eigenvalue weighted by Gasteiger charge is -1.94. The van der Waals surface area contributed by atoms with E-state index in [0.29, 0.717) is 5.56 Å². The van der Waals surface area contributed by atoms with Crippen molar-refractivity contribution in [1.29, 1.82) is 0 Å². The van der Waals surface area contributed by atoms with E-state index in [1.54, 1.807) is 13.0 Å². The van der Waals surface area contributed by atoms with Crippen LogP contribution in [0.2, 0.25) is 0 Å². The summed E-state index contributed by atoms with van der Waals surface area (Å²) in [6, 6.07) is 17.4. The highest BCUT2D eigenvalue weighted by molar-refractivity contribution is 5.98. The van der Waals surface area contributed by atoms with E-state index in [0.717, 1.165) is 22.3 Å². The third kappa shape index (κ3) is 1.82. The van der Waals surface area contributed by atoms with Gasteiger partial charge in [-0.1, -0.05) is 30.3 Å². The van der Waals surface area contributed by atoms with E-state index >= 15 is 0 Å². The van der Waals surface area contributed by atoms with Gasteiger partial charge in [-0.25, -0.2) is 0 Å². The Labute approximate surface area is 105 Å². The second-order valence-electron chi connectivity index (χ2n) is 4.29. The van der Waals surface area contributed by atoms with Gasteiger partial charge in [0.15, 0.2) is 5.78 Å². The smallest absolute Gasteiger partial charge is 0.159 e. The number of carbonyl (C=O) groups is 1. The quantitative estimate of drug-likeness (QED) is 0.621. The molecule has 0 aliphatic rings. The predicted octanol–water partition coefficient (Wildman–Crippen LogP) is 4.30. The first-order valence-electron chi connectivity index (χ1n) is 5.84. The van der Waals surface area contributed by atoms with Crippen molar-refractivity contribution in [1.82, 2.24) is 0 Å². The highest BCUT2D eigenvalue weighted by Gasteiger charge is 2.07. The molecular formula is C16H12O2. The highest BCUT2D eigenvalue weighted by Crippen LogP contribution is 2.28. The molecule has 0 amide bonds. The summed E-state index contributed by atoms with van der Waals surface area (Å²) in [6.45, 7) is 1.57. The number of benzene rings is 2. The van der Waals surface area contributed by atoms with E-state index in [1.807, 2.05) is 48.5 Å². The molecule has 1 heterocycles. The standard InChI is InChI=1S/C16H12O2/c1-11(17)13-7-8-15-14(9-13)10-16(18-15)12-5-3-2-4-6-12/h2-10H,1H3. The Kier molecular flexibility index (Phi) is 2.49. The minimum Gasteiger partial charge on any atom is -0.456 e. The SMILES string of the molecule is CC(=O)c1ccc2oc(-c3ccccc3)cc2c1. The monoisotopic (exact) mass is 236 g/mol. The fraction of sp³-hybridized carbons (Fsp3) is 0.0625. The molecule has 2 heteroatoms. The van der Waals surface area contributed by atoms with Crippen LogP contribution in [-0.4, -0.2) is 5.78 Å². The third-order valence-electron chi connectivity index (χ3n) is 2.98. The van der Waals surface area contributed by atoms with E-state index in [9.17, 15) is 4.79 Å². The first-order valence-corrected chi connectivity index (χ1v) is 5.84. The summed E-state index contributed by atoms with van der Waals surface area (Å²) in [4.78, 5) is 11.3. The van der Waals surface area contributed by atoms with Gasteiger partial charge in [0.05, 0.1) is 0 Å². The van der Waals surface area contributed by atoms with Crippen molar-refractivity contribution in [3.8, 4) is 11.3 Å². The normalized spacial score (nSPS) is 10.7. The van der Waals surface area contributed by atoms with Crippen LogP contribution in [0.1, 0.15) is 17.3 Å². The minimum atomic E-state index is 0.0689. The summed E-state index contributed by atoms with van der Waals surface area (Å²) >= 11 is 0. The molecular weight excluding hydrogens is 224 g/mol. The molecule has 0 saturated heterocycles. The van der Waals surface area contributed by atoms with Crippen molar-refractivity contribution < 1.29 is 9.21 Å². The van der Waals surface area contributed by atoms with Gasteiger partial charge in [0.2, 0.25) is 0 Å². The number of hydrogen-bond donors (Lipinski definition) is 0. The van der Waals surface area contributed by atoms with Crippen LogP contribution in [0.5, 0.6) is 0 Å². The number of rotatable bonds is 2. The van der Waals surface area contributed by atoms with Crippen LogP contribution in [0.4, 0.5) is 0 Å². The van der Waals surface area contributed by atoms with E-state index in [1.165, 1.54) is 0 Å². The second-order valence-corrected chi connectivity index (χ2v) is 4.29. The Morgan fingerprint density at radius 3 is 2.50 bits per heavy atom. The molecule has 0 N–H and O–H groups in total. The van der Waals surface area contributed by atoms with Gasteiger partial charge in [0.1, 0.15) is 11.3 Å². The number of carbonyl (C=O) groups excluding carboxylic acids is 1. The number of ketones is 1. The van der Waals surface area contributed by atoms with Crippen molar-refractivity contribution in [3.63, 3.8) is 0 Å². The zero-order valence-corrected chi connectivity index (χ0v) is 10.0. The van der Waals surface area contributed by atoms with Crippen molar-refractivity contribution >= 4 is 16.8 Å². The molecule has 1 aromatic heterocycles. The predicted molar refractivity (Wildman–Crippen MR) is 71.7 cm³/mol. The molecule has 0 fully saturated rings. The summed E-state index contributed by atoms with van der Waals surface area (Å²) in [7, 11) is 0. The zero-order chi connectivity index (χ0) is 12.5. The summed E-state index contributed by atoms with van der Waals surface area (Å²) in [5, 5.41) is 0.960. The summed E-state index contributed by atoms with van der Waals surface area (Å²) < 4.78 is 5.78. The average Bonchev–Trinajstić information content (AvgIpc) is 2.82. The maximum Gasteiger partial charge on any atom is 0.159 e. The van der Waals surface area contributed by atoms with Crippen LogP contribution in [0.3, 0.4) is 0 Å². The highest BCUT2D eigenvalue weighted by atomic mass is 16.3. The molecule has 0 aliphatic carbocycles. The van der Waals surface area contributed by atoms with Crippen molar-refractivity contribution in [3.05, 3.63) is 60.2 Å². The van der Waals surface area contributed by atoms with Crippen molar-refractivity contribution in [2.75, 3.05) is 0 Å². The van der Waals surface area contributed by atoms with Crippen LogP contribution in [0, 0.1) is 0 Å². The maximum absolute atomic E-state index is 11.3. The van der Waals surface area contributed by atoms with Crippen LogP contribution in [0.25, 0.3) is 22.3 Å². The summed E-state index contributed by atoms with van der Waals surface area (Å²) in [5.74, 6) is 0.894. The van der Waals surface area contributed by atoms with Gasteiger partial charge in [0.25, 0.3) is 0 Å². The molecule has 0 bridgehead atoms. The summed E-state index contributed by atoms with van der Waals surface area (Å²) in [6.07, 6.45) is 0. The molecule has 2 nitrogen and oxygen atoms in total. The molecule has 0 saturated carbocycles. The third-order valence-corrected chi connectivity index (χ3v) is 2.98. The van der Waals surface area contributed by atoms with Gasteiger partial charge in [0, 0.05) is 16.5 Å². The van der Waals surface area contributed by atoms with Gasteiger partial charge >= 0.3 is 0 Å². The second kappa shape index (κ2) is 4.15. The van der Waals surface area contributed by atoms with E-state index in [-0.39, 0.29) is 5.78 Å². The Morgan fingerprint density at radius 2 is 1.78 bits per heavy atom. The lowest BCUT2D eigenvalue weighted by Crippen LogP contribution is -1.89. The zero-order valence-electron chi connectivity index (χ0n) is 10.0. The number of furan rings is 1. The van der Waals surface area contributed by atoms with Crippen molar-refractivity contribution in [2.45, 2.75) is 6.92 Å². The van der Waals surface area contributed by atoms with Crippen LogP contribution >= 0.6 is 0 Å². The molecule has 0 unspecified atom stereocenters.